The molecule has 118 valence electrons. The van der Waals surface area contributed by atoms with Gasteiger partial charge in [0.15, 0.2) is 0 Å². The van der Waals surface area contributed by atoms with Crippen molar-refractivity contribution in [3.63, 3.8) is 0 Å². The summed E-state index contributed by atoms with van der Waals surface area (Å²) in [6.45, 7) is 5.23. The van der Waals surface area contributed by atoms with Gasteiger partial charge in [0.2, 0.25) is 0 Å². The van der Waals surface area contributed by atoms with Crippen molar-refractivity contribution < 1.29 is 13.6 Å². The monoisotopic (exact) mass is 318 g/mol. The third kappa shape index (κ3) is 4.64. The standard InChI is InChI=1S/C15H20F2N2O.ClH/c1-2-18-10-11-5-7-19(8-6-11)15(20)13-4-3-12(16)9-14(13)17;/h3-4,9,11,18H,2,5-8,10H2,1H3;1H. The predicted octanol–water partition coefficient (Wildman–Crippen LogP) is 2.85. The normalized spacial score (nSPS) is 15.7. The number of hydrogen-bond donors (Lipinski definition) is 1. The van der Waals surface area contributed by atoms with E-state index in [0.29, 0.717) is 19.0 Å². The lowest BCUT2D eigenvalue weighted by Crippen LogP contribution is -2.41. The molecule has 0 spiro atoms. The summed E-state index contributed by atoms with van der Waals surface area (Å²) in [4.78, 5) is 13.9. The molecule has 0 atom stereocenters. The van der Waals surface area contributed by atoms with Crippen molar-refractivity contribution in [3.05, 3.63) is 35.4 Å². The largest absolute Gasteiger partial charge is 0.339 e. The van der Waals surface area contributed by atoms with Crippen LogP contribution in [0.1, 0.15) is 30.1 Å². The smallest absolute Gasteiger partial charge is 0.256 e. The van der Waals surface area contributed by atoms with Crippen LogP contribution in [0.4, 0.5) is 8.78 Å². The van der Waals surface area contributed by atoms with Crippen molar-refractivity contribution in [2.45, 2.75) is 19.8 Å². The van der Waals surface area contributed by atoms with Crippen LogP contribution in [0.25, 0.3) is 0 Å². The molecule has 0 radical (unpaired) electrons. The Bertz CT molecular complexity index is 477. The fourth-order valence-corrected chi connectivity index (χ4v) is 2.52. The van der Waals surface area contributed by atoms with Gasteiger partial charge in [-0.3, -0.25) is 4.79 Å². The second kappa shape index (κ2) is 8.29. The minimum Gasteiger partial charge on any atom is -0.339 e. The van der Waals surface area contributed by atoms with Crippen LogP contribution in [0, 0.1) is 17.6 Å². The number of amides is 1. The van der Waals surface area contributed by atoms with E-state index >= 15 is 0 Å². The molecule has 0 unspecified atom stereocenters. The number of carbonyl (C=O) groups is 1. The summed E-state index contributed by atoms with van der Waals surface area (Å²) in [5.74, 6) is -1.23. The molecule has 0 saturated carbocycles. The van der Waals surface area contributed by atoms with Crippen LogP contribution >= 0.6 is 12.4 Å². The second-order valence-electron chi connectivity index (χ2n) is 5.17. The van der Waals surface area contributed by atoms with Crippen LogP contribution in [0.15, 0.2) is 18.2 Å². The number of likely N-dealkylation sites (tertiary alicyclic amines) is 1. The predicted molar refractivity (Wildman–Crippen MR) is 80.8 cm³/mol. The van der Waals surface area contributed by atoms with E-state index in [1.165, 1.54) is 6.07 Å². The number of hydrogen-bond acceptors (Lipinski definition) is 2. The number of piperidine rings is 1. The number of halogens is 3. The van der Waals surface area contributed by atoms with Gasteiger partial charge in [-0.25, -0.2) is 8.78 Å². The minimum absolute atomic E-state index is 0. The first-order valence-electron chi connectivity index (χ1n) is 7.07. The molecule has 1 fully saturated rings. The van der Waals surface area contributed by atoms with Gasteiger partial charge in [0.25, 0.3) is 5.91 Å². The zero-order valence-electron chi connectivity index (χ0n) is 12.1. The number of carbonyl (C=O) groups excluding carboxylic acids is 1. The lowest BCUT2D eigenvalue weighted by molar-refractivity contribution is 0.0685. The van der Waals surface area contributed by atoms with Gasteiger partial charge >= 0.3 is 0 Å². The zero-order valence-corrected chi connectivity index (χ0v) is 12.9. The summed E-state index contributed by atoms with van der Waals surface area (Å²) < 4.78 is 26.5. The molecule has 1 aromatic carbocycles. The van der Waals surface area contributed by atoms with Gasteiger partial charge in [0.1, 0.15) is 11.6 Å². The third-order valence-electron chi connectivity index (χ3n) is 3.75. The molecule has 1 aliphatic heterocycles. The van der Waals surface area contributed by atoms with Gasteiger partial charge in [0, 0.05) is 19.2 Å². The van der Waals surface area contributed by atoms with Gasteiger partial charge in [-0.05, 0) is 44.0 Å². The lowest BCUT2D eigenvalue weighted by Gasteiger charge is -2.32. The van der Waals surface area contributed by atoms with E-state index in [-0.39, 0.29) is 23.9 Å². The molecule has 1 heterocycles. The second-order valence-corrected chi connectivity index (χ2v) is 5.17. The Morgan fingerprint density at radius 3 is 2.57 bits per heavy atom. The molecule has 1 aromatic rings. The van der Waals surface area contributed by atoms with Gasteiger partial charge in [-0.15, -0.1) is 12.4 Å². The Morgan fingerprint density at radius 2 is 2.00 bits per heavy atom. The fourth-order valence-electron chi connectivity index (χ4n) is 2.52. The third-order valence-corrected chi connectivity index (χ3v) is 3.75. The molecule has 0 bridgehead atoms. The number of nitrogens with one attached hydrogen (secondary N) is 1. The lowest BCUT2D eigenvalue weighted by atomic mass is 9.96. The van der Waals surface area contributed by atoms with Crippen molar-refractivity contribution in [1.82, 2.24) is 10.2 Å². The number of rotatable bonds is 4. The molecule has 1 N–H and O–H groups in total. The summed E-state index contributed by atoms with van der Waals surface area (Å²) in [5.41, 5.74) is -0.0449. The molecule has 21 heavy (non-hydrogen) atoms. The molecular formula is C15H21ClF2N2O. The van der Waals surface area contributed by atoms with Crippen molar-refractivity contribution in [2.24, 2.45) is 5.92 Å². The van der Waals surface area contributed by atoms with E-state index < -0.39 is 11.6 Å². The summed E-state index contributed by atoms with van der Waals surface area (Å²) in [6.07, 6.45) is 1.84. The van der Waals surface area contributed by atoms with E-state index in [0.717, 1.165) is 38.1 Å². The first-order valence-corrected chi connectivity index (χ1v) is 7.07. The first kappa shape index (κ1) is 17.9. The Morgan fingerprint density at radius 1 is 1.33 bits per heavy atom. The molecule has 3 nitrogen and oxygen atoms in total. The summed E-state index contributed by atoms with van der Waals surface area (Å²) in [5, 5.41) is 3.30. The molecule has 2 rings (SSSR count). The van der Waals surface area contributed by atoms with Crippen LogP contribution < -0.4 is 5.32 Å². The van der Waals surface area contributed by atoms with E-state index in [2.05, 4.69) is 12.2 Å². The quantitative estimate of drug-likeness (QED) is 0.926. The average molecular weight is 319 g/mol. The van der Waals surface area contributed by atoms with E-state index in [1.807, 2.05) is 0 Å². The van der Waals surface area contributed by atoms with Crippen molar-refractivity contribution >= 4 is 18.3 Å². The van der Waals surface area contributed by atoms with E-state index in [4.69, 9.17) is 0 Å². The van der Waals surface area contributed by atoms with Crippen LogP contribution in [0.2, 0.25) is 0 Å². The van der Waals surface area contributed by atoms with Crippen molar-refractivity contribution in [3.8, 4) is 0 Å². The van der Waals surface area contributed by atoms with Crippen LogP contribution in [0.5, 0.6) is 0 Å². The van der Waals surface area contributed by atoms with Gasteiger partial charge in [-0.1, -0.05) is 6.92 Å². The highest BCUT2D eigenvalue weighted by Gasteiger charge is 2.25. The average Bonchev–Trinajstić information content (AvgIpc) is 2.45. The van der Waals surface area contributed by atoms with Gasteiger partial charge in [0.05, 0.1) is 5.56 Å². The van der Waals surface area contributed by atoms with Crippen LogP contribution in [0.3, 0.4) is 0 Å². The SMILES string of the molecule is CCNCC1CCN(C(=O)c2ccc(F)cc2F)CC1.Cl. The summed E-state index contributed by atoms with van der Waals surface area (Å²) >= 11 is 0. The Hall–Kier alpha value is -1.20. The number of nitrogens with zero attached hydrogens (tertiary/aromatic N) is 1. The highest BCUT2D eigenvalue weighted by molar-refractivity contribution is 5.94. The maximum absolute atomic E-state index is 13.6. The maximum Gasteiger partial charge on any atom is 0.256 e. The molecule has 1 amide bonds. The molecule has 1 aliphatic rings. The van der Waals surface area contributed by atoms with E-state index in [1.54, 1.807) is 4.90 Å². The van der Waals surface area contributed by atoms with Gasteiger partial charge in [-0.2, -0.15) is 0 Å². The van der Waals surface area contributed by atoms with Crippen LogP contribution in [-0.4, -0.2) is 37.0 Å². The molecular weight excluding hydrogens is 298 g/mol. The summed E-state index contributed by atoms with van der Waals surface area (Å²) in [7, 11) is 0. The van der Waals surface area contributed by atoms with Crippen molar-refractivity contribution in [1.29, 1.82) is 0 Å². The number of benzene rings is 1. The Labute approximate surface area is 130 Å². The highest BCUT2D eigenvalue weighted by atomic mass is 35.5. The van der Waals surface area contributed by atoms with E-state index in [9.17, 15) is 13.6 Å². The molecule has 1 saturated heterocycles. The van der Waals surface area contributed by atoms with Crippen molar-refractivity contribution in [2.75, 3.05) is 26.2 Å². The Balaban J connectivity index is 0.00000220. The first-order chi connectivity index (χ1) is 9.61. The summed E-state index contributed by atoms with van der Waals surface area (Å²) in [6, 6.07) is 3.09. The minimum atomic E-state index is -0.787. The maximum atomic E-state index is 13.6. The Kier molecular flexibility index (Phi) is 7.05. The highest BCUT2D eigenvalue weighted by Crippen LogP contribution is 2.20. The van der Waals surface area contributed by atoms with Crippen LogP contribution in [-0.2, 0) is 0 Å². The molecule has 0 aromatic heterocycles. The fraction of sp³-hybridized carbons (Fsp3) is 0.533. The topological polar surface area (TPSA) is 32.3 Å². The molecule has 0 aliphatic carbocycles. The zero-order chi connectivity index (χ0) is 14.5. The van der Waals surface area contributed by atoms with Gasteiger partial charge < -0.3 is 10.2 Å². The molecule has 6 heteroatoms.